The van der Waals surface area contributed by atoms with E-state index in [0.717, 1.165) is 19.5 Å². The Labute approximate surface area is 84.7 Å². The zero-order valence-corrected chi connectivity index (χ0v) is 8.88. The average molecular weight is 198 g/mol. The zero-order chi connectivity index (χ0) is 10.6. The lowest BCUT2D eigenvalue weighted by Gasteiger charge is -2.30. The number of rotatable bonds is 2. The van der Waals surface area contributed by atoms with Crippen LogP contribution < -0.4 is 5.32 Å². The van der Waals surface area contributed by atoms with Crippen molar-refractivity contribution in [3.05, 3.63) is 0 Å². The monoisotopic (exact) mass is 198 g/mol. The van der Waals surface area contributed by atoms with E-state index in [4.69, 9.17) is 0 Å². The van der Waals surface area contributed by atoms with Gasteiger partial charge in [-0.05, 0) is 25.7 Å². The lowest BCUT2D eigenvalue weighted by atomic mass is 10.0. The van der Waals surface area contributed by atoms with Gasteiger partial charge in [0, 0.05) is 13.1 Å². The number of piperidine rings is 1. The quantitative estimate of drug-likeness (QED) is 0.720. The van der Waals surface area contributed by atoms with Gasteiger partial charge in [-0.15, -0.1) is 0 Å². The molecule has 0 saturated carbocycles. The SMILES string of the molecule is CC(=O)CNC(=O)N1CCCC(C)C1. The average Bonchev–Trinajstić information content (AvgIpc) is 2.14. The first-order valence-electron chi connectivity index (χ1n) is 5.12. The Bertz CT molecular complexity index is 228. The van der Waals surface area contributed by atoms with Crippen LogP contribution in [0.2, 0.25) is 0 Å². The molecule has 1 fully saturated rings. The number of nitrogens with zero attached hydrogens (tertiary/aromatic N) is 1. The molecule has 1 N–H and O–H groups in total. The van der Waals surface area contributed by atoms with Crippen LogP contribution in [-0.2, 0) is 4.79 Å². The number of carbonyl (C=O) groups is 2. The molecule has 0 radical (unpaired) electrons. The summed E-state index contributed by atoms with van der Waals surface area (Å²) in [6.07, 6.45) is 2.26. The Morgan fingerprint density at radius 1 is 1.50 bits per heavy atom. The van der Waals surface area contributed by atoms with E-state index in [1.807, 2.05) is 0 Å². The Morgan fingerprint density at radius 3 is 2.79 bits per heavy atom. The molecule has 0 aliphatic carbocycles. The number of carbonyl (C=O) groups excluding carboxylic acids is 2. The van der Waals surface area contributed by atoms with Gasteiger partial charge in [-0.25, -0.2) is 4.79 Å². The molecule has 14 heavy (non-hydrogen) atoms. The Morgan fingerprint density at radius 2 is 2.21 bits per heavy atom. The first kappa shape index (κ1) is 11.0. The molecule has 2 amide bonds. The van der Waals surface area contributed by atoms with Crippen molar-refractivity contribution in [2.24, 2.45) is 5.92 Å². The highest BCUT2D eigenvalue weighted by Gasteiger charge is 2.20. The molecule has 1 heterocycles. The molecular weight excluding hydrogens is 180 g/mol. The van der Waals surface area contributed by atoms with Crippen LogP contribution in [-0.4, -0.2) is 36.3 Å². The summed E-state index contributed by atoms with van der Waals surface area (Å²) in [5, 5.41) is 2.61. The van der Waals surface area contributed by atoms with Gasteiger partial charge in [0.05, 0.1) is 6.54 Å². The van der Waals surface area contributed by atoms with Gasteiger partial charge in [0.15, 0.2) is 0 Å². The minimum absolute atomic E-state index is 0.0107. The van der Waals surface area contributed by atoms with Crippen LogP contribution in [0.1, 0.15) is 26.7 Å². The smallest absolute Gasteiger partial charge is 0.317 e. The lowest BCUT2D eigenvalue weighted by molar-refractivity contribution is -0.116. The largest absolute Gasteiger partial charge is 0.331 e. The molecule has 1 aliphatic rings. The van der Waals surface area contributed by atoms with Crippen molar-refractivity contribution in [3.63, 3.8) is 0 Å². The van der Waals surface area contributed by atoms with Gasteiger partial charge in [-0.2, -0.15) is 0 Å². The van der Waals surface area contributed by atoms with Crippen molar-refractivity contribution in [1.29, 1.82) is 0 Å². The van der Waals surface area contributed by atoms with Crippen molar-refractivity contribution in [3.8, 4) is 0 Å². The number of hydrogen-bond acceptors (Lipinski definition) is 2. The maximum Gasteiger partial charge on any atom is 0.317 e. The minimum Gasteiger partial charge on any atom is -0.331 e. The highest BCUT2D eigenvalue weighted by Crippen LogP contribution is 2.14. The van der Waals surface area contributed by atoms with Gasteiger partial charge < -0.3 is 10.2 Å². The predicted octanol–water partition coefficient (Wildman–Crippen LogP) is 1.02. The number of urea groups is 1. The van der Waals surface area contributed by atoms with Crippen LogP contribution in [0.25, 0.3) is 0 Å². The van der Waals surface area contributed by atoms with Crippen molar-refractivity contribution < 1.29 is 9.59 Å². The van der Waals surface area contributed by atoms with Crippen molar-refractivity contribution in [2.75, 3.05) is 19.6 Å². The van der Waals surface area contributed by atoms with Crippen LogP contribution in [0.4, 0.5) is 4.79 Å². The third-order valence-electron chi connectivity index (χ3n) is 2.43. The summed E-state index contributed by atoms with van der Waals surface area (Å²) in [7, 11) is 0. The van der Waals surface area contributed by atoms with E-state index in [2.05, 4.69) is 12.2 Å². The molecule has 1 unspecified atom stereocenters. The molecule has 1 atom stereocenters. The highest BCUT2D eigenvalue weighted by atomic mass is 16.2. The van der Waals surface area contributed by atoms with Crippen LogP contribution in [0.15, 0.2) is 0 Å². The van der Waals surface area contributed by atoms with Crippen molar-refractivity contribution >= 4 is 11.8 Å². The first-order valence-corrected chi connectivity index (χ1v) is 5.12. The topological polar surface area (TPSA) is 49.4 Å². The zero-order valence-electron chi connectivity index (χ0n) is 8.88. The fourth-order valence-electron chi connectivity index (χ4n) is 1.69. The molecule has 0 aromatic heterocycles. The number of hydrogen-bond donors (Lipinski definition) is 1. The molecule has 0 bridgehead atoms. The van der Waals surface area contributed by atoms with Crippen molar-refractivity contribution in [2.45, 2.75) is 26.7 Å². The molecule has 1 rings (SSSR count). The molecule has 80 valence electrons. The number of ketones is 1. The standard InChI is InChI=1S/C10H18N2O2/c1-8-4-3-5-12(7-8)10(14)11-6-9(2)13/h8H,3-7H2,1-2H3,(H,11,14). The van der Waals surface area contributed by atoms with Crippen LogP contribution in [0.3, 0.4) is 0 Å². The number of Topliss-reactive ketones (excluding diaryl/α,β-unsaturated/α-hetero) is 1. The summed E-state index contributed by atoms with van der Waals surface area (Å²) >= 11 is 0. The number of amides is 2. The minimum atomic E-state index is -0.105. The van der Waals surface area contributed by atoms with E-state index >= 15 is 0 Å². The van der Waals surface area contributed by atoms with Gasteiger partial charge in [0.25, 0.3) is 0 Å². The van der Waals surface area contributed by atoms with E-state index in [1.165, 1.54) is 13.3 Å². The van der Waals surface area contributed by atoms with Crippen LogP contribution >= 0.6 is 0 Å². The highest BCUT2D eigenvalue weighted by molar-refractivity contribution is 5.83. The number of nitrogens with one attached hydrogen (secondary N) is 1. The third-order valence-corrected chi connectivity index (χ3v) is 2.43. The van der Waals surface area contributed by atoms with E-state index in [0.29, 0.717) is 5.92 Å². The van der Waals surface area contributed by atoms with E-state index in [9.17, 15) is 9.59 Å². The van der Waals surface area contributed by atoms with Crippen molar-refractivity contribution in [1.82, 2.24) is 10.2 Å². The third kappa shape index (κ3) is 3.36. The molecule has 4 heteroatoms. The second-order valence-electron chi connectivity index (χ2n) is 4.05. The summed E-state index contributed by atoms with van der Waals surface area (Å²) in [5.74, 6) is 0.565. The second-order valence-corrected chi connectivity index (χ2v) is 4.05. The lowest BCUT2D eigenvalue weighted by Crippen LogP contribution is -2.46. The van der Waals surface area contributed by atoms with Gasteiger partial charge in [-0.1, -0.05) is 6.92 Å². The molecule has 0 aromatic rings. The molecular formula is C10H18N2O2. The summed E-state index contributed by atoms with van der Waals surface area (Å²) in [5.41, 5.74) is 0. The fraction of sp³-hybridized carbons (Fsp3) is 0.800. The number of likely N-dealkylation sites (tertiary alicyclic amines) is 1. The van der Waals surface area contributed by atoms with E-state index < -0.39 is 0 Å². The Balaban J connectivity index is 2.32. The molecule has 0 aromatic carbocycles. The summed E-state index contributed by atoms with van der Waals surface area (Å²) in [6, 6.07) is -0.105. The fourth-order valence-corrected chi connectivity index (χ4v) is 1.69. The summed E-state index contributed by atoms with van der Waals surface area (Å²) in [4.78, 5) is 24.0. The summed E-state index contributed by atoms with van der Waals surface area (Å²) < 4.78 is 0. The molecule has 0 spiro atoms. The van der Waals surface area contributed by atoms with Crippen LogP contribution in [0.5, 0.6) is 0 Å². The van der Waals surface area contributed by atoms with Gasteiger partial charge >= 0.3 is 6.03 Å². The first-order chi connectivity index (χ1) is 6.59. The van der Waals surface area contributed by atoms with E-state index in [1.54, 1.807) is 4.90 Å². The Hall–Kier alpha value is -1.06. The van der Waals surface area contributed by atoms with Gasteiger partial charge in [0.2, 0.25) is 0 Å². The Kier molecular flexibility index (Phi) is 3.92. The van der Waals surface area contributed by atoms with Gasteiger partial charge in [-0.3, -0.25) is 4.79 Å². The second kappa shape index (κ2) is 4.98. The normalized spacial score (nSPS) is 21.9. The predicted molar refractivity (Wildman–Crippen MR) is 54.1 cm³/mol. The van der Waals surface area contributed by atoms with Crippen LogP contribution in [0, 0.1) is 5.92 Å². The summed E-state index contributed by atoms with van der Waals surface area (Å²) in [6.45, 7) is 5.38. The molecule has 1 saturated heterocycles. The van der Waals surface area contributed by atoms with E-state index in [-0.39, 0.29) is 18.4 Å². The molecule has 4 nitrogen and oxygen atoms in total. The maximum atomic E-state index is 11.5. The molecule has 1 aliphatic heterocycles. The van der Waals surface area contributed by atoms with Gasteiger partial charge in [0.1, 0.15) is 5.78 Å². The maximum absolute atomic E-state index is 11.5.